The number of benzene rings is 2. The van der Waals surface area contributed by atoms with E-state index in [1.807, 2.05) is 6.07 Å². The molecule has 2 aromatic carbocycles. The average molecular weight is 485 g/mol. The molecule has 0 spiro atoms. The minimum atomic E-state index is -0.996. The van der Waals surface area contributed by atoms with E-state index >= 15 is 0 Å². The van der Waals surface area contributed by atoms with Crippen molar-refractivity contribution in [2.45, 2.75) is 37.9 Å². The van der Waals surface area contributed by atoms with Gasteiger partial charge in [-0.25, -0.2) is 0 Å². The number of nitrogens with one attached hydrogen (secondary N) is 3. The second-order valence-corrected chi connectivity index (χ2v) is 7.89. The van der Waals surface area contributed by atoms with Gasteiger partial charge in [-0.3, -0.25) is 29.3 Å². The molecular weight excluding hydrogens is 456 g/mol. The third-order valence-corrected chi connectivity index (χ3v) is 5.08. The van der Waals surface area contributed by atoms with Crippen molar-refractivity contribution >= 4 is 29.3 Å². The maximum absolute atomic E-state index is 12.3. The number of nitro groups is 1. The summed E-state index contributed by atoms with van der Waals surface area (Å²) in [5.41, 5.74) is 12.6. The monoisotopic (exact) mass is 484 g/mol. The number of nitrogens with two attached hydrogens (primary N) is 2. The zero-order valence-electron chi connectivity index (χ0n) is 19.1. The van der Waals surface area contributed by atoms with E-state index in [9.17, 15) is 29.3 Å². The first-order valence-electron chi connectivity index (χ1n) is 10.8. The predicted molar refractivity (Wildman–Crippen MR) is 127 cm³/mol. The average Bonchev–Trinajstić information content (AvgIpc) is 2.82. The van der Waals surface area contributed by atoms with Crippen molar-refractivity contribution < 1.29 is 24.1 Å². The Morgan fingerprint density at radius 1 is 0.914 bits per heavy atom. The third-order valence-electron chi connectivity index (χ3n) is 5.08. The van der Waals surface area contributed by atoms with Crippen molar-refractivity contribution in [1.29, 1.82) is 0 Å². The fourth-order valence-corrected chi connectivity index (χ4v) is 3.12. The first-order valence-corrected chi connectivity index (χ1v) is 10.8. The molecule has 0 aromatic heterocycles. The van der Waals surface area contributed by atoms with Gasteiger partial charge in [-0.15, -0.1) is 0 Å². The number of non-ortho nitro benzene ring substituents is 1. The van der Waals surface area contributed by atoms with Crippen LogP contribution in [0.1, 0.15) is 18.1 Å². The molecule has 0 saturated carbocycles. The zero-order valence-corrected chi connectivity index (χ0v) is 19.1. The molecular formula is C23H28N6O6. The third kappa shape index (κ3) is 8.85. The van der Waals surface area contributed by atoms with Gasteiger partial charge in [-0.1, -0.05) is 42.5 Å². The maximum Gasteiger partial charge on any atom is 0.269 e. The van der Waals surface area contributed by atoms with Gasteiger partial charge in [0.1, 0.15) is 12.1 Å². The summed E-state index contributed by atoms with van der Waals surface area (Å²) in [6, 6.07) is 11.7. The highest BCUT2D eigenvalue weighted by atomic mass is 16.6. The molecule has 0 aliphatic heterocycles. The maximum atomic E-state index is 12.3. The summed E-state index contributed by atoms with van der Waals surface area (Å²) in [5, 5.41) is 18.0. The van der Waals surface area contributed by atoms with Gasteiger partial charge >= 0.3 is 0 Å². The van der Waals surface area contributed by atoms with Crippen LogP contribution in [0.25, 0.3) is 0 Å². The molecule has 0 aliphatic carbocycles. The minimum Gasteiger partial charge on any atom is -0.368 e. The molecule has 12 nitrogen and oxygen atoms in total. The summed E-state index contributed by atoms with van der Waals surface area (Å²) in [4.78, 5) is 58.6. The minimum absolute atomic E-state index is 0.0803. The second kappa shape index (κ2) is 12.8. The number of amides is 4. The summed E-state index contributed by atoms with van der Waals surface area (Å²) in [6.07, 6.45) is 0.311. The number of rotatable bonds is 12. The highest BCUT2D eigenvalue weighted by Crippen LogP contribution is 2.13. The molecule has 0 radical (unpaired) electrons. The molecule has 0 heterocycles. The van der Waals surface area contributed by atoms with Gasteiger partial charge in [0.25, 0.3) is 5.69 Å². The van der Waals surface area contributed by atoms with Crippen molar-refractivity contribution in [3.05, 3.63) is 75.8 Å². The van der Waals surface area contributed by atoms with Crippen LogP contribution in [0.2, 0.25) is 0 Å². The van der Waals surface area contributed by atoms with Gasteiger partial charge in [0, 0.05) is 18.6 Å². The van der Waals surface area contributed by atoms with Crippen LogP contribution < -0.4 is 27.4 Å². The summed E-state index contributed by atoms with van der Waals surface area (Å²) in [5.74, 6) is -2.57. The SMILES string of the molecule is CC(NC(=O)C(N)Cc1ccc([N+](=O)[O-])cc1)C(=O)NCC(=O)NC(Cc1ccccc1)C(N)=O. The molecule has 186 valence electrons. The van der Waals surface area contributed by atoms with Gasteiger partial charge in [-0.05, 0) is 24.5 Å². The lowest BCUT2D eigenvalue weighted by molar-refractivity contribution is -0.384. The number of hydrogen-bond acceptors (Lipinski definition) is 7. The van der Waals surface area contributed by atoms with Crippen molar-refractivity contribution in [1.82, 2.24) is 16.0 Å². The first-order chi connectivity index (χ1) is 16.6. The molecule has 7 N–H and O–H groups in total. The highest BCUT2D eigenvalue weighted by Gasteiger charge is 2.22. The number of nitrogens with zero attached hydrogens (tertiary/aromatic N) is 1. The molecule has 0 bridgehead atoms. The molecule has 35 heavy (non-hydrogen) atoms. The van der Waals surface area contributed by atoms with Crippen LogP contribution in [-0.2, 0) is 32.0 Å². The number of carbonyl (C=O) groups is 4. The number of primary amides is 1. The van der Waals surface area contributed by atoms with E-state index in [0.717, 1.165) is 5.56 Å². The molecule has 3 unspecified atom stereocenters. The number of carbonyl (C=O) groups excluding carboxylic acids is 4. The van der Waals surface area contributed by atoms with E-state index in [-0.39, 0.29) is 18.5 Å². The van der Waals surface area contributed by atoms with E-state index in [4.69, 9.17) is 11.5 Å². The summed E-state index contributed by atoms with van der Waals surface area (Å²) >= 11 is 0. The van der Waals surface area contributed by atoms with Crippen LogP contribution >= 0.6 is 0 Å². The summed E-state index contributed by atoms with van der Waals surface area (Å²) < 4.78 is 0. The largest absolute Gasteiger partial charge is 0.368 e. The highest BCUT2D eigenvalue weighted by molar-refractivity contribution is 5.92. The fourth-order valence-electron chi connectivity index (χ4n) is 3.12. The van der Waals surface area contributed by atoms with Crippen LogP contribution in [0.5, 0.6) is 0 Å². The van der Waals surface area contributed by atoms with Crippen molar-refractivity contribution in [2.75, 3.05) is 6.54 Å². The topological polar surface area (TPSA) is 200 Å². The zero-order chi connectivity index (χ0) is 26.0. The molecule has 0 aliphatic rings. The van der Waals surface area contributed by atoms with E-state index in [1.54, 1.807) is 24.3 Å². The molecule has 0 saturated heterocycles. The van der Waals surface area contributed by atoms with Crippen LogP contribution in [0, 0.1) is 10.1 Å². The van der Waals surface area contributed by atoms with E-state index in [2.05, 4.69) is 16.0 Å². The lowest BCUT2D eigenvalue weighted by Gasteiger charge is -2.18. The van der Waals surface area contributed by atoms with Gasteiger partial charge < -0.3 is 27.4 Å². The Hall–Kier alpha value is -4.32. The lowest BCUT2D eigenvalue weighted by atomic mass is 10.1. The van der Waals surface area contributed by atoms with Gasteiger partial charge in [-0.2, -0.15) is 0 Å². The Kier molecular flexibility index (Phi) is 9.84. The Morgan fingerprint density at radius 2 is 1.51 bits per heavy atom. The van der Waals surface area contributed by atoms with Gasteiger partial charge in [0.2, 0.25) is 23.6 Å². The van der Waals surface area contributed by atoms with Crippen molar-refractivity contribution in [2.24, 2.45) is 11.5 Å². The van der Waals surface area contributed by atoms with Crippen LogP contribution in [0.3, 0.4) is 0 Å². The predicted octanol–water partition coefficient (Wildman–Crippen LogP) is -0.702. The van der Waals surface area contributed by atoms with E-state index < -0.39 is 53.2 Å². The number of nitro benzene ring substituents is 1. The smallest absolute Gasteiger partial charge is 0.269 e. The quantitative estimate of drug-likeness (QED) is 0.194. The molecule has 2 aromatic rings. The first kappa shape index (κ1) is 26.9. The van der Waals surface area contributed by atoms with Crippen LogP contribution in [0.15, 0.2) is 54.6 Å². The Bertz CT molecular complexity index is 1060. The standard InChI is InChI=1S/C23H28N6O6/c1-14(27-23(33)18(24)11-16-7-9-17(10-8-16)29(34)35)22(32)26-13-20(30)28-19(21(25)31)12-15-5-3-2-4-6-15/h2-10,14,18-19H,11-13,24H2,1H3,(H2,25,31)(H,26,32)(H,27,33)(H,28,30). The summed E-state index contributed by atoms with van der Waals surface area (Å²) in [6.45, 7) is 0.998. The molecule has 3 atom stereocenters. The van der Waals surface area contributed by atoms with Crippen LogP contribution in [0.4, 0.5) is 5.69 Å². The molecule has 0 fully saturated rings. The second-order valence-electron chi connectivity index (χ2n) is 7.89. The normalized spacial score (nSPS) is 13.1. The fraction of sp³-hybridized carbons (Fsp3) is 0.304. The van der Waals surface area contributed by atoms with Crippen molar-refractivity contribution in [3.8, 4) is 0 Å². The van der Waals surface area contributed by atoms with Crippen molar-refractivity contribution in [3.63, 3.8) is 0 Å². The molecule has 2 rings (SSSR count). The molecule has 4 amide bonds. The summed E-state index contributed by atoms with van der Waals surface area (Å²) in [7, 11) is 0. The van der Waals surface area contributed by atoms with Gasteiger partial charge in [0.15, 0.2) is 0 Å². The Balaban J connectivity index is 1.79. The Morgan fingerprint density at radius 3 is 2.09 bits per heavy atom. The van der Waals surface area contributed by atoms with Crippen LogP contribution in [-0.4, -0.2) is 53.2 Å². The Labute approximate surface area is 201 Å². The molecule has 12 heteroatoms. The lowest BCUT2D eigenvalue weighted by Crippen LogP contribution is -2.53. The number of hydrogen-bond donors (Lipinski definition) is 5. The van der Waals surface area contributed by atoms with Gasteiger partial charge in [0.05, 0.1) is 17.5 Å². The van der Waals surface area contributed by atoms with E-state index in [1.165, 1.54) is 31.2 Å². The van der Waals surface area contributed by atoms with E-state index in [0.29, 0.717) is 5.56 Å².